The molecular weight excluding hydrogens is 454 g/mol. The summed E-state index contributed by atoms with van der Waals surface area (Å²) in [7, 11) is 0. The Morgan fingerprint density at radius 2 is 2.25 bits per heavy atom. The molecule has 0 amide bonds. The number of aromatic nitrogens is 1. The number of aryl methyl sites for hydroxylation is 1. The molecule has 1 saturated heterocycles. The van der Waals surface area contributed by atoms with Crippen molar-refractivity contribution in [2.45, 2.75) is 39.0 Å². The first-order valence-electron chi connectivity index (χ1n) is 7.61. The number of alkyl halides is 3. The van der Waals surface area contributed by atoms with E-state index in [0.29, 0.717) is 38.6 Å². The summed E-state index contributed by atoms with van der Waals surface area (Å²) in [6.45, 7) is 5.09. The monoisotopic (exact) mass is 477 g/mol. The molecule has 1 fully saturated rings. The highest BCUT2D eigenvalue weighted by molar-refractivity contribution is 14.0. The van der Waals surface area contributed by atoms with Crippen LogP contribution in [-0.4, -0.2) is 54.2 Å². The summed E-state index contributed by atoms with van der Waals surface area (Å²) in [6.07, 6.45) is -1.66. The van der Waals surface area contributed by atoms with E-state index in [2.05, 4.69) is 20.6 Å². The highest BCUT2D eigenvalue weighted by Crippen LogP contribution is 2.20. The minimum Gasteiger partial charge on any atom is -0.357 e. The van der Waals surface area contributed by atoms with Gasteiger partial charge in [0.2, 0.25) is 0 Å². The van der Waals surface area contributed by atoms with Crippen molar-refractivity contribution in [3.8, 4) is 0 Å². The molecule has 2 N–H and O–H groups in total. The van der Waals surface area contributed by atoms with Gasteiger partial charge in [0.05, 0.1) is 18.1 Å². The van der Waals surface area contributed by atoms with Gasteiger partial charge in [-0.25, -0.2) is 9.98 Å². The van der Waals surface area contributed by atoms with Crippen molar-refractivity contribution in [3.63, 3.8) is 0 Å². The Morgan fingerprint density at radius 1 is 1.50 bits per heavy atom. The number of hydrogen-bond acceptors (Lipinski definition) is 4. The summed E-state index contributed by atoms with van der Waals surface area (Å²) in [4.78, 5) is 11.2. The van der Waals surface area contributed by atoms with E-state index in [1.54, 1.807) is 17.5 Å². The number of guanidine groups is 1. The first-order chi connectivity index (χ1) is 10.9. The lowest BCUT2D eigenvalue weighted by Gasteiger charge is -2.19. The van der Waals surface area contributed by atoms with E-state index < -0.39 is 12.7 Å². The number of nitrogens with zero attached hydrogens (tertiary/aromatic N) is 3. The molecule has 138 valence electrons. The standard InChI is InChI=1S/C14H22F3N5S.HI/c1-3-18-13(20-7-12-6-19-10(2)23-12)21-11-4-5-22(8-11)9-14(15,16)17;/h6,11H,3-5,7-9H2,1-2H3,(H2,18,20,21);1H. The zero-order valence-electron chi connectivity index (χ0n) is 13.7. The van der Waals surface area contributed by atoms with Crippen LogP contribution in [0.3, 0.4) is 0 Å². The van der Waals surface area contributed by atoms with Crippen LogP contribution < -0.4 is 10.6 Å². The Balaban J connectivity index is 0.00000288. The summed E-state index contributed by atoms with van der Waals surface area (Å²) in [5.74, 6) is 0.636. The molecule has 0 saturated carbocycles. The second-order valence-electron chi connectivity index (χ2n) is 5.52. The fourth-order valence-corrected chi connectivity index (χ4v) is 3.22. The van der Waals surface area contributed by atoms with Gasteiger partial charge in [0.1, 0.15) is 0 Å². The van der Waals surface area contributed by atoms with Gasteiger partial charge in [0.15, 0.2) is 5.96 Å². The number of nitrogens with one attached hydrogen (secondary N) is 2. The molecule has 1 aromatic rings. The second-order valence-corrected chi connectivity index (χ2v) is 6.84. The first kappa shape index (κ1) is 21.4. The predicted octanol–water partition coefficient (Wildman–Crippen LogP) is 2.76. The van der Waals surface area contributed by atoms with Crippen LogP contribution in [0.15, 0.2) is 11.2 Å². The van der Waals surface area contributed by atoms with Crippen molar-refractivity contribution in [1.82, 2.24) is 20.5 Å². The minimum absolute atomic E-state index is 0. The van der Waals surface area contributed by atoms with Crippen LogP contribution in [0.25, 0.3) is 0 Å². The Kier molecular flexibility index (Phi) is 8.71. The van der Waals surface area contributed by atoms with Crippen LogP contribution in [0.5, 0.6) is 0 Å². The number of halogens is 4. The van der Waals surface area contributed by atoms with Crippen LogP contribution in [0.2, 0.25) is 0 Å². The lowest BCUT2D eigenvalue weighted by molar-refractivity contribution is -0.143. The fraction of sp³-hybridized carbons (Fsp3) is 0.714. The minimum atomic E-state index is -4.14. The quantitative estimate of drug-likeness (QED) is 0.389. The lowest BCUT2D eigenvalue weighted by Crippen LogP contribution is -2.45. The van der Waals surface area contributed by atoms with Gasteiger partial charge < -0.3 is 10.6 Å². The molecule has 1 unspecified atom stereocenters. The third-order valence-corrected chi connectivity index (χ3v) is 4.32. The summed E-state index contributed by atoms with van der Waals surface area (Å²) in [5.41, 5.74) is 0. The maximum atomic E-state index is 12.4. The van der Waals surface area contributed by atoms with E-state index in [4.69, 9.17) is 0 Å². The largest absolute Gasteiger partial charge is 0.401 e. The molecule has 1 aliphatic heterocycles. The molecule has 0 aromatic carbocycles. The summed E-state index contributed by atoms with van der Waals surface area (Å²) < 4.78 is 37.3. The van der Waals surface area contributed by atoms with Gasteiger partial charge in [0.25, 0.3) is 0 Å². The van der Waals surface area contributed by atoms with Gasteiger partial charge in [-0.15, -0.1) is 35.3 Å². The van der Waals surface area contributed by atoms with E-state index in [9.17, 15) is 13.2 Å². The maximum Gasteiger partial charge on any atom is 0.401 e. The summed E-state index contributed by atoms with van der Waals surface area (Å²) >= 11 is 1.59. The molecule has 2 rings (SSSR count). The summed E-state index contributed by atoms with van der Waals surface area (Å²) in [6, 6.07) is -0.0154. The van der Waals surface area contributed by atoms with Crippen LogP contribution in [0, 0.1) is 6.92 Å². The number of rotatable bonds is 5. The maximum absolute atomic E-state index is 12.4. The Labute approximate surface area is 161 Å². The number of thiazole rings is 1. The molecule has 5 nitrogen and oxygen atoms in total. The van der Waals surface area contributed by atoms with Gasteiger partial charge in [-0.05, 0) is 20.3 Å². The van der Waals surface area contributed by atoms with Crippen molar-refractivity contribution < 1.29 is 13.2 Å². The first-order valence-corrected chi connectivity index (χ1v) is 8.42. The molecule has 0 aliphatic carbocycles. The van der Waals surface area contributed by atoms with Crippen LogP contribution in [-0.2, 0) is 6.54 Å². The molecule has 0 bridgehead atoms. The fourth-order valence-electron chi connectivity index (χ4n) is 2.50. The molecule has 1 atom stereocenters. The van der Waals surface area contributed by atoms with Gasteiger partial charge in [-0.2, -0.15) is 13.2 Å². The van der Waals surface area contributed by atoms with Crippen LogP contribution in [0.4, 0.5) is 13.2 Å². The SMILES string of the molecule is CCNC(=NCc1cnc(C)s1)NC1CCN(CC(F)(F)F)C1.I. The van der Waals surface area contributed by atoms with Crippen LogP contribution in [0.1, 0.15) is 23.2 Å². The summed E-state index contributed by atoms with van der Waals surface area (Å²) in [5, 5.41) is 7.35. The third kappa shape index (κ3) is 7.51. The number of hydrogen-bond donors (Lipinski definition) is 2. The van der Waals surface area contributed by atoms with Gasteiger partial charge in [-0.3, -0.25) is 4.90 Å². The predicted molar refractivity (Wildman–Crippen MR) is 101 cm³/mol. The average molecular weight is 477 g/mol. The highest BCUT2D eigenvalue weighted by Gasteiger charge is 2.34. The molecule has 2 heterocycles. The van der Waals surface area contributed by atoms with E-state index in [1.807, 2.05) is 13.8 Å². The van der Waals surface area contributed by atoms with Gasteiger partial charge >= 0.3 is 6.18 Å². The topological polar surface area (TPSA) is 52.6 Å². The van der Waals surface area contributed by atoms with Crippen molar-refractivity contribution in [3.05, 3.63) is 16.1 Å². The lowest BCUT2D eigenvalue weighted by atomic mass is 10.3. The molecule has 0 spiro atoms. The Hall–Kier alpha value is -0.620. The third-order valence-electron chi connectivity index (χ3n) is 3.42. The highest BCUT2D eigenvalue weighted by atomic mass is 127. The second kappa shape index (κ2) is 9.76. The van der Waals surface area contributed by atoms with Gasteiger partial charge in [-0.1, -0.05) is 0 Å². The van der Waals surface area contributed by atoms with Crippen molar-refractivity contribution in [2.24, 2.45) is 4.99 Å². The van der Waals surface area contributed by atoms with E-state index in [1.165, 1.54) is 4.90 Å². The van der Waals surface area contributed by atoms with E-state index in [0.717, 1.165) is 9.88 Å². The molecule has 1 aliphatic rings. The van der Waals surface area contributed by atoms with Crippen LogP contribution >= 0.6 is 35.3 Å². The number of aliphatic imine (C=N–C) groups is 1. The molecule has 24 heavy (non-hydrogen) atoms. The molecule has 10 heteroatoms. The molecule has 0 radical (unpaired) electrons. The Bertz CT molecular complexity index is 535. The smallest absolute Gasteiger partial charge is 0.357 e. The van der Waals surface area contributed by atoms with E-state index >= 15 is 0 Å². The van der Waals surface area contributed by atoms with Gasteiger partial charge in [0, 0.05) is 36.8 Å². The number of likely N-dealkylation sites (tertiary alicyclic amines) is 1. The van der Waals surface area contributed by atoms with E-state index in [-0.39, 0.29) is 30.0 Å². The average Bonchev–Trinajstić information content (AvgIpc) is 3.04. The zero-order valence-corrected chi connectivity index (χ0v) is 16.8. The Morgan fingerprint density at radius 3 is 2.83 bits per heavy atom. The molecular formula is C14H23F3IN5S. The van der Waals surface area contributed by atoms with Crippen molar-refractivity contribution >= 4 is 41.3 Å². The van der Waals surface area contributed by atoms with Crippen molar-refractivity contribution in [1.29, 1.82) is 0 Å². The van der Waals surface area contributed by atoms with Crippen molar-refractivity contribution in [2.75, 3.05) is 26.2 Å². The zero-order chi connectivity index (χ0) is 16.9. The molecule has 1 aromatic heterocycles. The normalized spacial score (nSPS) is 19.2.